The molecule has 0 saturated heterocycles. The number of rotatable bonds is 2. The summed E-state index contributed by atoms with van der Waals surface area (Å²) < 4.78 is 15.6. The molecule has 0 radical (unpaired) electrons. The third-order valence-electron chi connectivity index (χ3n) is 3.37. The molecule has 4 heteroatoms. The van der Waals surface area contributed by atoms with Crippen molar-refractivity contribution in [1.29, 1.82) is 0 Å². The quantitative estimate of drug-likeness (QED) is 0.745. The number of halogens is 1. The summed E-state index contributed by atoms with van der Waals surface area (Å²) >= 11 is 0. The van der Waals surface area contributed by atoms with Crippen molar-refractivity contribution in [1.82, 2.24) is 9.38 Å². The summed E-state index contributed by atoms with van der Waals surface area (Å²) in [5, 5.41) is 3.49. The molecule has 3 nitrogen and oxygen atoms in total. The van der Waals surface area contributed by atoms with Gasteiger partial charge in [0, 0.05) is 17.3 Å². The first-order valence-corrected chi connectivity index (χ1v) is 7.36. The Bertz CT molecular complexity index is 828. The standard InChI is InChI=1S/C18H20FN3/c1-12-8-9-22-15(10-12)20-16(17(22)21-18(2,3)4)13-6-5-7-14(19)11-13/h5-11,21H,1-4H3. The van der Waals surface area contributed by atoms with Gasteiger partial charge in [-0.2, -0.15) is 0 Å². The fourth-order valence-corrected chi connectivity index (χ4v) is 2.46. The summed E-state index contributed by atoms with van der Waals surface area (Å²) in [4.78, 5) is 4.70. The van der Waals surface area contributed by atoms with Gasteiger partial charge < -0.3 is 5.32 Å². The van der Waals surface area contributed by atoms with E-state index in [2.05, 4.69) is 26.1 Å². The van der Waals surface area contributed by atoms with Gasteiger partial charge in [-0.15, -0.1) is 0 Å². The van der Waals surface area contributed by atoms with Crippen molar-refractivity contribution < 1.29 is 4.39 Å². The lowest BCUT2D eigenvalue weighted by atomic mass is 10.1. The van der Waals surface area contributed by atoms with Crippen LogP contribution >= 0.6 is 0 Å². The molecule has 22 heavy (non-hydrogen) atoms. The van der Waals surface area contributed by atoms with Crippen LogP contribution in [0.5, 0.6) is 0 Å². The predicted octanol–water partition coefficient (Wildman–Crippen LogP) is 4.66. The minimum atomic E-state index is -0.257. The number of aromatic nitrogens is 2. The average Bonchev–Trinajstić information content (AvgIpc) is 2.74. The Labute approximate surface area is 129 Å². The van der Waals surface area contributed by atoms with E-state index in [9.17, 15) is 4.39 Å². The summed E-state index contributed by atoms with van der Waals surface area (Å²) in [5.41, 5.74) is 3.41. The van der Waals surface area contributed by atoms with Crippen LogP contribution in [0.3, 0.4) is 0 Å². The van der Waals surface area contributed by atoms with Crippen molar-refractivity contribution in [3.8, 4) is 11.3 Å². The molecule has 0 aliphatic rings. The SMILES string of the molecule is Cc1ccn2c(NC(C)(C)C)c(-c3cccc(F)c3)nc2c1. The lowest BCUT2D eigenvalue weighted by Crippen LogP contribution is -2.27. The van der Waals surface area contributed by atoms with Crippen molar-refractivity contribution in [3.05, 3.63) is 54.0 Å². The van der Waals surface area contributed by atoms with E-state index in [-0.39, 0.29) is 11.4 Å². The van der Waals surface area contributed by atoms with E-state index >= 15 is 0 Å². The van der Waals surface area contributed by atoms with Gasteiger partial charge in [-0.05, 0) is 57.5 Å². The van der Waals surface area contributed by atoms with Crippen molar-refractivity contribution >= 4 is 11.5 Å². The lowest BCUT2D eigenvalue weighted by molar-refractivity contribution is 0.627. The number of fused-ring (bicyclic) bond motifs is 1. The van der Waals surface area contributed by atoms with Crippen LogP contribution in [-0.4, -0.2) is 14.9 Å². The molecule has 3 rings (SSSR count). The molecule has 0 aliphatic carbocycles. The van der Waals surface area contributed by atoms with Gasteiger partial charge in [0.25, 0.3) is 0 Å². The third kappa shape index (κ3) is 2.82. The number of hydrogen-bond acceptors (Lipinski definition) is 2. The first kappa shape index (κ1) is 14.6. The Hall–Kier alpha value is -2.36. The second-order valence-corrected chi connectivity index (χ2v) is 6.63. The summed E-state index contributed by atoms with van der Waals surface area (Å²) in [6, 6.07) is 10.6. The molecule has 0 fully saturated rings. The van der Waals surface area contributed by atoms with Crippen LogP contribution < -0.4 is 5.32 Å². The molecule has 114 valence electrons. The van der Waals surface area contributed by atoms with Gasteiger partial charge in [0.15, 0.2) is 0 Å². The van der Waals surface area contributed by atoms with Crippen molar-refractivity contribution in [2.75, 3.05) is 5.32 Å². The Morgan fingerprint density at radius 2 is 1.91 bits per heavy atom. The number of anilines is 1. The number of aryl methyl sites for hydroxylation is 1. The van der Waals surface area contributed by atoms with Gasteiger partial charge in [0.05, 0.1) is 0 Å². The van der Waals surface area contributed by atoms with Crippen molar-refractivity contribution in [2.45, 2.75) is 33.2 Å². The van der Waals surface area contributed by atoms with Crippen LogP contribution in [0.2, 0.25) is 0 Å². The highest BCUT2D eigenvalue weighted by molar-refractivity contribution is 5.77. The van der Waals surface area contributed by atoms with E-state index in [1.165, 1.54) is 12.1 Å². The monoisotopic (exact) mass is 297 g/mol. The van der Waals surface area contributed by atoms with Crippen LogP contribution in [-0.2, 0) is 0 Å². The lowest BCUT2D eigenvalue weighted by Gasteiger charge is -2.22. The van der Waals surface area contributed by atoms with Crippen LogP contribution in [0.4, 0.5) is 10.2 Å². The maximum Gasteiger partial charge on any atom is 0.139 e. The molecule has 0 bridgehead atoms. The topological polar surface area (TPSA) is 29.3 Å². The highest BCUT2D eigenvalue weighted by Gasteiger charge is 2.19. The number of nitrogens with zero attached hydrogens (tertiary/aromatic N) is 2. The van der Waals surface area contributed by atoms with Gasteiger partial charge in [0.2, 0.25) is 0 Å². The van der Waals surface area contributed by atoms with Crippen molar-refractivity contribution in [2.24, 2.45) is 0 Å². The van der Waals surface area contributed by atoms with Gasteiger partial charge in [0.1, 0.15) is 23.0 Å². The summed E-state index contributed by atoms with van der Waals surface area (Å²) in [7, 11) is 0. The molecule has 0 unspecified atom stereocenters. The fourth-order valence-electron chi connectivity index (χ4n) is 2.46. The maximum atomic E-state index is 13.6. The Morgan fingerprint density at radius 1 is 1.14 bits per heavy atom. The molecule has 2 heterocycles. The first-order chi connectivity index (χ1) is 10.3. The smallest absolute Gasteiger partial charge is 0.139 e. The number of benzene rings is 1. The zero-order chi connectivity index (χ0) is 15.9. The number of imidazole rings is 1. The van der Waals surface area contributed by atoms with E-state index < -0.39 is 0 Å². The minimum absolute atomic E-state index is 0.122. The van der Waals surface area contributed by atoms with Gasteiger partial charge in [-0.3, -0.25) is 4.40 Å². The molecule has 2 aromatic heterocycles. The third-order valence-corrected chi connectivity index (χ3v) is 3.37. The van der Waals surface area contributed by atoms with Crippen molar-refractivity contribution in [3.63, 3.8) is 0 Å². The van der Waals surface area contributed by atoms with E-state index in [1.54, 1.807) is 6.07 Å². The number of nitrogens with one attached hydrogen (secondary N) is 1. The second kappa shape index (κ2) is 5.13. The van der Waals surface area contributed by atoms with E-state index in [4.69, 9.17) is 4.98 Å². The predicted molar refractivity (Wildman–Crippen MR) is 88.7 cm³/mol. The molecule has 0 spiro atoms. The highest BCUT2D eigenvalue weighted by Crippen LogP contribution is 2.31. The molecule has 1 aromatic carbocycles. The highest BCUT2D eigenvalue weighted by atomic mass is 19.1. The first-order valence-electron chi connectivity index (χ1n) is 7.36. The number of hydrogen-bond donors (Lipinski definition) is 1. The largest absolute Gasteiger partial charge is 0.365 e. The van der Waals surface area contributed by atoms with Gasteiger partial charge >= 0.3 is 0 Å². The molecular formula is C18H20FN3. The summed E-state index contributed by atoms with van der Waals surface area (Å²) in [5.74, 6) is 0.626. The zero-order valence-corrected chi connectivity index (χ0v) is 13.3. The Morgan fingerprint density at radius 3 is 2.59 bits per heavy atom. The molecular weight excluding hydrogens is 277 g/mol. The molecule has 1 N–H and O–H groups in total. The van der Waals surface area contributed by atoms with Crippen LogP contribution in [0.15, 0.2) is 42.6 Å². The Balaban J connectivity index is 2.25. The second-order valence-electron chi connectivity index (χ2n) is 6.63. The zero-order valence-electron chi connectivity index (χ0n) is 13.3. The fraction of sp³-hybridized carbons (Fsp3) is 0.278. The average molecular weight is 297 g/mol. The molecule has 0 atom stereocenters. The summed E-state index contributed by atoms with van der Waals surface area (Å²) in [6.45, 7) is 8.31. The maximum absolute atomic E-state index is 13.6. The summed E-state index contributed by atoms with van der Waals surface area (Å²) in [6.07, 6.45) is 1.99. The van der Waals surface area contributed by atoms with Crippen LogP contribution in [0, 0.1) is 12.7 Å². The number of pyridine rings is 1. The van der Waals surface area contributed by atoms with E-state index in [0.717, 1.165) is 28.3 Å². The van der Waals surface area contributed by atoms with E-state index in [0.29, 0.717) is 0 Å². The molecule has 0 aliphatic heterocycles. The van der Waals surface area contributed by atoms with Gasteiger partial charge in [-0.25, -0.2) is 9.37 Å². The van der Waals surface area contributed by atoms with Crippen LogP contribution in [0.1, 0.15) is 26.3 Å². The minimum Gasteiger partial charge on any atom is -0.365 e. The molecule has 0 saturated carbocycles. The molecule has 0 amide bonds. The Kier molecular flexibility index (Phi) is 3.39. The van der Waals surface area contributed by atoms with E-state index in [1.807, 2.05) is 35.7 Å². The van der Waals surface area contributed by atoms with Gasteiger partial charge in [-0.1, -0.05) is 12.1 Å². The molecule has 3 aromatic rings. The van der Waals surface area contributed by atoms with Crippen LogP contribution in [0.25, 0.3) is 16.9 Å². The normalized spacial score (nSPS) is 11.9.